The number of aryl methyl sites for hydroxylation is 2. The van der Waals surface area contributed by atoms with Gasteiger partial charge in [-0.15, -0.1) is 17.0 Å². The molecule has 0 aliphatic heterocycles. The predicted molar refractivity (Wildman–Crippen MR) is 59.6 cm³/mol. The number of hydrogen-bond donors (Lipinski definition) is 1. The Kier molecular flexibility index (Phi) is 4.88. The lowest BCUT2D eigenvalue weighted by atomic mass is 10.0. The van der Waals surface area contributed by atoms with Crippen molar-refractivity contribution in [2.45, 2.75) is 13.8 Å². The number of carbonyl (C=O) groups is 1. The molecule has 0 spiro atoms. The maximum atomic E-state index is 11.3. The van der Waals surface area contributed by atoms with E-state index < -0.39 is 0 Å². The van der Waals surface area contributed by atoms with Gasteiger partial charge in [0.15, 0.2) is 5.78 Å². The van der Waals surface area contributed by atoms with E-state index in [-0.39, 0.29) is 29.3 Å². The van der Waals surface area contributed by atoms with Gasteiger partial charge in [-0.25, -0.2) is 0 Å². The topological polar surface area (TPSA) is 43.1 Å². The summed E-state index contributed by atoms with van der Waals surface area (Å²) < 4.78 is 0. The largest absolute Gasteiger partial charge is 0.324 e. The van der Waals surface area contributed by atoms with Gasteiger partial charge in [0.25, 0.3) is 0 Å². The van der Waals surface area contributed by atoms with E-state index in [2.05, 4.69) is 0 Å². The zero-order valence-corrected chi connectivity index (χ0v) is 9.55. The Bertz CT molecular complexity index is 310. The van der Waals surface area contributed by atoms with Gasteiger partial charge in [-0.2, -0.15) is 0 Å². The Morgan fingerprint density at radius 2 is 2.00 bits per heavy atom. The van der Waals surface area contributed by atoms with Crippen LogP contribution in [0.2, 0.25) is 0 Å². The van der Waals surface area contributed by atoms with E-state index in [4.69, 9.17) is 5.73 Å². The van der Waals surface area contributed by atoms with E-state index in [9.17, 15) is 4.79 Å². The number of nitrogens with two attached hydrogens (primary N) is 1. The van der Waals surface area contributed by atoms with E-state index in [1.165, 1.54) is 0 Å². The van der Waals surface area contributed by atoms with Crippen molar-refractivity contribution in [3.63, 3.8) is 0 Å². The Labute approximate surface area is 88.9 Å². The smallest absolute Gasteiger partial charge is 0.176 e. The van der Waals surface area contributed by atoms with Gasteiger partial charge in [0.2, 0.25) is 0 Å². The van der Waals surface area contributed by atoms with Gasteiger partial charge in [0.1, 0.15) is 0 Å². The van der Waals surface area contributed by atoms with Gasteiger partial charge in [-0.1, -0.05) is 17.7 Å². The van der Waals surface area contributed by atoms with E-state index in [0.717, 1.165) is 16.7 Å². The van der Waals surface area contributed by atoms with Crippen LogP contribution in [0.1, 0.15) is 21.5 Å². The molecule has 3 heteroatoms. The molecule has 0 atom stereocenters. The van der Waals surface area contributed by atoms with E-state index in [0.29, 0.717) is 0 Å². The van der Waals surface area contributed by atoms with Gasteiger partial charge in [-0.05, 0) is 25.5 Å². The minimum Gasteiger partial charge on any atom is -0.324 e. The number of rotatable bonds is 2. The molecular formula is C10H14BrNO. The standard InChI is InChI=1S/C10H13NO.BrH/c1-7-3-4-8(2)9(5-7)10(12)6-11;/h3-5H,6,11H2,1-2H3;1H. The van der Waals surface area contributed by atoms with Crippen LogP contribution in [0.25, 0.3) is 0 Å². The summed E-state index contributed by atoms with van der Waals surface area (Å²) >= 11 is 0. The summed E-state index contributed by atoms with van der Waals surface area (Å²) in [5, 5.41) is 0. The molecule has 1 aromatic rings. The minimum atomic E-state index is 0. The molecule has 0 saturated heterocycles. The summed E-state index contributed by atoms with van der Waals surface area (Å²) in [6.45, 7) is 3.97. The first-order valence-electron chi connectivity index (χ1n) is 3.95. The lowest BCUT2D eigenvalue weighted by molar-refractivity contribution is 0.100. The highest BCUT2D eigenvalue weighted by atomic mass is 79.9. The zero-order chi connectivity index (χ0) is 9.14. The van der Waals surface area contributed by atoms with Crippen LogP contribution in [0.3, 0.4) is 0 Å². The van der Waals surface area contributed by atoms with Gasteiger partial charge < -0.3 is 5.73 Å². The predicted octanol–water partition coefficient (Wildman–Crippen LogP) is 2.02. The Morgan fingerprint density at radius 1 is 1.38 bits per heavy atom. The van der Waals surface area contributed by atoms with Crippen molar-refractivity contribution in [1.82, 2.24) is 0 Å². The van der Waals surface area contributed by atoms with Crippen LogP contribution < -0.4 is 5.73 Å². The molecule has 0 aliphatic carbocycles. The molecule has 0 aliphatic rings. The molecule has 0 bridgehead atoms. The molecule has 0 heterocycles. The van der Waals surface area contributed by atoms with Crippen molar-refractivity contribution in [3.05, 3.63) is 34.9 Å². The van der Waals surface area contributed by atoms with Gasteiger partial charge in [0.05, 0.1) is 6.54 Å². The average molecular weight is 244 g/mol. The molecular weight excluding hydrogens is 230 g/mol. The van der Waals surface area contributed by atoms with Crippen molar-refractivity contribution in [3.8, 4) is 0 Å². The van der Waals surface area contributed by atoms with Crippen LogP contribution in [0, 0.1) is 13.8 Å². The molecule has 1 rings (SSSR count). The van der Waals surface area contributed by atoms with Crippen LogP contribution in [0.15, 0.2) is 18.2 Å². The highest BCUT2D eigenvalue weighted by Gasteiger charge is 2.05. The molecule has 0 unspecified atom stereocenters. The maximum Gasteiger partial charge on any atom is 0.176 e. The summed E-state index contributed by atoms with van der Waals surface area (Å²) in [6.07, 6.45) is 0. The molecule has 13 heavy (non-hydrogen) atoms. The van der Waals surface area contributed by atoms with Crippen LogP contribution in [0.5, 0.6) is 0 Å². The molecule has 0 radical (unpaired) electrons. The summed E-state index contributed by atoms with van der Waals surface area (Å²) in [4.78, 5) is 11.3. The second-order valence-electron chi connectivity index (χ2n) is 2.95. The fourth-order valence-corrected chi connectivity index (χ4v) is 1.15. The molecule has 2 nitrogen and oxygen atoms in total. The lowest BCUT2D eigenvalue weighted by Crippen LogP contribution is -2.14. The van der Waals surface area contributed by atoms with Crippen LogP contribution in [0.4, 0.5) is 0 Å². The zero-order valence-electron chi connectivity index (χ0n) is 7.83. The fraction of sp³-hybridized carbons (Fsp3) is 0.300. The SMILES string of the molecule is Br.Cc1ccc(C)c(C(=O)CN)c1. The Hall–Kier alpha value is -0.670. The summed E-state index contributed by atoms with van der Waals surface area (Å²) in [7, 11) is 0. The van der Waals surface area contributed by atoms with Crippen molar-refractivity contribution in [2.75, 3.05) is 6.54 Å². The number of ketones is 1. The molecule has 72 valence electrons. The highest BCUT2D eigenvalue weighted by molar-refractivity contribution is 8.93. The maximum absolute atomic E-state index is 11.3. The third-order valence-corrected chi connectivity index (χ3v) is 1.88. The molecule has 2 N–H and O–H groups in total. The molecule has 0 saturated carbocycles. The number of Topliss-reactive ketones (excluding diaryl/α,β-unsaturated/α-hetero) is 1. The summed E-state index contributed by atoms with van der Waals surface area (Å²) in [6, 6.07) is 5.81. The van der Waals surface area contributed by atoms with Gasteiger partial charge >= 0.3 is 0 Å². The Balaban J connectivity index is 0.00000144. The molecule has 0 amide bonds. The second-order valence-corrected chi connectivity index (χ2v) is 2.95. The van der Waals surface area contributed by atoms with E-state index in [1.807, 2.05) is 32.0 Å². The van der Waals surface area contributed by atoms with Crippen molar-refractivity contribution >= 4 is 22.8 Å². The average Bonchev–Trinajstić information content (AvgIpc) is 2.08. The van der Waals surface area contributed by atoms with Crippen molar-refractivity contribution in [2.24, 2.45) is 5.73 Å². The Morgan fingerprint density at radius 3 is 2.54 bits per heavy atom. The number of hydrogen-bond acceptors (Lipinski definition) is 2. The normalized spacial score (nSPS) is 9.15. The summed E-state index contributed by atoms with van der Waals surface area (Å²) in [5.74, 6) is 0.0104. The van der Waals surface area contributed by atoms with Gasteiger partial charge in [-0.3, -0.25) is 4.79 Å². The number of halogens is 1. The third-order valence-electron chi connectivity index (χ3n) is 1.88. The van der Waals surface area contributed by atoms with E-state index >= 15 is 0 Å². The van der Waals surface area contributed by atoms with Crippen molar-refractivity contribution in [1.29, 1.82) is 0 Å². The quantitative estimate of drug-likeness (QED) is 0.809. The third kappa shape index (κ3) is 2.94. The number of benzene rings is 1. The molecule has 0 aromatic heterocycles. The fourth-order valence-electron chi connectivity index (χ4n) is 1.15. The minimum absolute atomic E-state index is 0. The van der Waals surface area contributed by atoms with E-state index in [1.54, 1.807) is 0 Å². The highest BCUT2D eigenvalue weighted by Crippen LogP contribution is 2.10. The second kappa shape index (κ2) is 5.14. The summed E-state index contributed by atoms with van der Waals surface area (Å²) in [5.41, 5.74) is 8.11. The first-order chi connectivity index (χ1) is 5.65. The number of carbonyl (C=O) groups excluding carboxylic acids is 1. The first-order valence-corrected chi connectivity index (χ1v) is 3.95. The van der Waals surface area contributed by atoms with Crippen LogP contribution >= 0.6 is 17.0 Å². The van der Waals surface area contributed by atoms with Crippen LogP contribution in [-0.2, 0) is 0 Å². The monoisotopic (exact) mass is 243 g/mol. The first kappa shape index (κ1) is 12.3. The molecule has 0 fully saturated rings. The lowest BCUT2D eigenvalue weighted by Gasteiger charge is -2.03. The van der Waals surface area contributed by atoms with Crippen molar-refractivity contribution < 1.29 is 4.79 Å². The van der Waals surface area contributed by atoms with Crippen LogP contribution in [-0.4, -0.2) is 12.3 Å². The molecule has 1 aromatic carbocycles. The van der Waals surface area contributed by atoms with Gasteiger partial charge in [0, 0.05) is 5.56 Å².